The van der Waals surface area contributed by atoms with Crippen LogP contribution in [0.15, 0.2) is 18.5 Å². The summed E-state index contributed by atoms with van der Waals surface area (Å²) in [6, 6.07) is 1.55. The highest BCUT2D eigenvalue weighted by Gasteiger charge is 2.05. The molecule has 0 radical (unpaired) electrons. The quantitative estimate of drug-likeness (QED) is 0.592. The SMILES string of the molecule is CCOC(=O)CC#Cc1cncc(C(=O)OC)c1. The van der Waals surface area contributed by atoms with Crippen molar-refractivity contribution < 1.29 is 19.1 Å². The van der Waals surface area contributed by atoms with E-state index in [1.807, 2.05) is 0 Å². The lowest BCUT2D eigenvalue weighted by Gasteiger charge is -1.98. The maximum absolute atomic E-state index is 11.2. The molecule has 0 amide bonds. The van der Waals surface area contributed by atoms with Crippen LogP contribution in [0.3, 0.4) is 0 Å². The molecular formula is C13H13NO4. The highest BCUT2D eigenvalue weighted by Crippen LogP contribution is 2.03. The first kappa shape index (κ1) is 13.7. The molecule has 1 rings (SSSR count). The summed E-state index contributed by atoms with van der Waals surface area (Å²) in [5.41, 5.74) is 0.864. The van der Waals surface area contributed by atoms with Crippen molar-refractivity contribution in [3.8, 4) is 11.8 Å². The molecule has 0 fully saturated rings. The lowest BCUT2D eigenvalue weighted by atomic mass is 10.2. The van der Waals surface area contributed by atoms with Gasteiger partial charge in [-0.1, -0.05) is 11.8 Å². The van der Waals surface area contributed by atoms with E-state index in [0.717, 1.165) is 0 Å². The Balaban J connectivity index is 2.71. The Bertz CT molecular complexity index is 499. The number of methoxy groups -OCH3 is 1. The van der Waals surface area contributed by atoms with Gasteiger partial charge in [-0.3, -0.25) is 9.78 Å². The Kier molecular flexibility index (Phi) is 5.39. The zero-order chi connectivity index (χ0) is 13.4. The van der Waals surface area contributed by atoms with Gasteiger partial charge in [0.25, 0.3) is 0 Å². The van der Waals surface area contributed by atoms with Crippen LogP contribution in [0.1, 0.15) is 29.3 Å². The molecule has 0 aliphatic heterocycles. The molecule has 0 bridgehead atoms. The van der Waals surface area contributed by atoms with Crippen LogP contribution in [0.4, 0.5) is 0 Å². The summed E-state index contributed by atoms with van der Waals surface area (Å²) in [5.74, 6) is 4.54. The van der Waals surface area contributed by atoms with E-state index >= 15 is 0 Å². The third-order valence-electron chi connectivity index (χ3n) is 1.93. The molecule has 0 saturated heterocycles. The molecule has 1 aromatic rings. The predicted molar refractivity (Wildman–Crippen MR) is 63.7 cm³/mol. The van der Waals surface area contributed by atoms with Crippen molar-refractivity contribution in [2.75, 3.05) is 13.7 Å². The van der Waals surface area contributed by atoms with E-state index in [9.17, 15) is 9.59 Å². The summed E-state index contributed by atoms with van der Waals surface area (Å²) in [7, 11) is 1.29. The second kappa shape index (κ2) is 7.07. The minimum atomic E-state index is -0.475. The van der Waals surface area contributed by atoms with E-state index in [2.05, 4.69) is 21.6 Å². The number of nitrogens with zero attached hydrogens (tertiary/aromatic N) is 1. The number of esters is 2. The van der Waals surface area contributed by atoms with Crippen LogP contribution in [0.25, 0.3) is 0 Å². The zero-order valence-corrected chi connectivity index (χ0v) is 10.2. The topological polar surface area (TPSA) is 65.5 Å². The smallest absolute Gasteiger partial charge is 0.339 e. The normalized spacial score (nSPS) is 9.00. The van der Waals surface area contributed by atoms with Gasteiger partial charge in [-0.15, -0.1) is 0 Å². The molecule has 5 heteroatoms. The number of aromatic nitrogens is 1. The Morgan fingerprint density at radius 2 is 2.17 bits per heavy atom. The van der Waals surface area contributed by atoms with Crippen LogP contribution < -0.4 is 0 Å². The third kappa shape index (κ3) is 4.26. The summed E-state index contributed by atoms with van der Waals surface area (Å²) in [4.78, 5) is 26.2. The van der Waals surface area contributed by atoms with E-state index in [4.69, 9.17) is 4.74 Å². The van der Waals surface area contributed by atoms with Crippen LogP contribution in [0.2, 0.25) is 0 Å². The molecule has 0 spiro atoms. The van der Waals surface area contributed by atoms with E-state index in [0.29, 0.717) is 17.7 Å². The molecule has 5 nitrogen and oxygen atoms in total. The molecule has 0 aliphatic rings. The Labute approximate surface area is 105 Å². The second-order valence-electron chi connectivity index (χ2n) is 3.24. The number of hydrogen-bond donors (Lipinski definition) is 0. The van der Waals surface area contributed by atoms with Gasteiger partial charge in [-0.2, -0.15) is 0 Å². The minimum absolute atomic E-state index is 0.0102. The fraction of sp³-hybridized carbons (Fsp3) is 0.308. The highest BCUT2D eigenvalue weighted by molar-refractivity contribution is 5.89. The van der Waals surface area contributed by atoms with Crippen LogP contribution in [0.5, 0.6) is 0 Å². The van der Waals surface area contributed by atoms with Gasteiger partial charge in [0.2, 0.25) is 0 Å². The van der Waals surface area contributed by atoms with Crippen molar-refractivity contribution >= 4 is 11.9 Å². The highest BCUT2D eigenvalue weighted by atomic mass is 16.5. The van der Waals surface area contributed by atoms with Gasteiger partial charge < -0.3 is 9.47 Å². The Morgan fingerprint density at radius 3 is 2.83 bits per heavy atom. The fourth-order valence-electron chi connectivity index (χ4n) is 1.17. The summed E-state index contributed by atoms with van der Waals surface area (Å²) in [6.07, 6.45) is 2.91. The molecule has 18 heavy (non-hydrogen) atoms. The summed E-state index contributed by atoms with van der Waals surface area (Å²) < 4.78 is 9.29. The van der Waals surface area contributed by atoms with E-state index < -0.39 is 5.97 Å². The molecule has 1 aromatic heterocycles. The standard InChI is InChI=1S/C13H13NO4/c1-3-18-12(15)6-4-5-10-7-11(9-14-8-10)13(16)17-2/h7-9H,3,6H2,1-2H3. The Hall–Kier alpha value is -2.35. The molecular weight excluding hydrogens is 234 g/mol. The summed E-state index contributed by atoms with van der Waals surface area (Å²) in [6.45, 7) is 2.06. The van der Waals surface area contributed by atoms with Crippen molar-refractivity contribution in [2.24, 2.45) is 0 Å². The largest absolute Gasteiger partial charge is 0.465 e. The van der Waals surface area contributed by atoms with Gasteiger partial charge in [-0.25, -0.2) is 4.79 Å². The van der Waals surface area contributed by atoms with Crippen molar-refractivity contribution in [3.05, 3.63) is 29.6 Å². The average Bonchev–Trinajstić information content (AvgIpc) is 2.38. The van der Waals surface area contributed by atoms with Crippen LogP contribution in [-0.4, -0.2) is 30.6 Å². The van der Waals surface area contributed by atoms with Crippen molar-refractivity contribution in [3.63, 3.8) is 0 Å². The minimum Gasteiger partial charge on any atom is -0.465 e. The first-order valence-corrected chi connectivity index (χ1v) is 5.35. The molecule has 0 unspecified atom stereocenters. The lowest BCUT2D eigenvalue weighted by Crippen LogP contribution is -2.02. The number of hydrogen-bond acceptors (Lipinski definition) is 5. The third-order valence-corrected chi connectivity index (χ3v) is 1.93. The van der Waals surface area contributed by atoms with Gasteiger partial charge in [-0.05, 0) is 13.0 Å². The van der Waals surface area contributed by atoms with Crippen molar-refractivity contribution in [1.82, 2.24) is 4.98 Å². The van der Waals surface area contributed by atoms with Gasteiger partial charge in [0, 0.05) is 18.0 Å². The summed E-state index contributed by atoms with van der Waals surface area (Å²) in [5, 5.41) is 0. The Morgan fingerprint density at radius 1 is 1.39 bits per heavy atom. The van der Waals surface area contributed by atoms with Crippen LogP contribution in [0, 0.1) is 11.8 Å². The van der Waals surface area contributed by atoms with E-state index in [-0.39, 0.29) is 12.4 Å². The second-order valence-corrected chi connectivity index (χ2v) is 3.24. The molecule has 0 N–H and O–H groups in total. The fourth-order valence-corrected chi connectivity index (χ4v) is 1.17. The van der Waals surface area contributed by atoms with E-state index in [1.165, 1.54) is 19.5 Å². The van der Waals surface area contributed by atoms with Crippen LogP contribution in [-0.2, 0) is 14.3 Å². The monoisotopic (exact) mass is 247 g/mol. The van der Waals surface area contributed by atoms with Gasteiger partial charge in [0.15, 0.2) is 0 Å². The number of rotatable bonds is 3. The number of carbonyl (C=O) groups excluding carboxylic acids is 2. The first-order chi connectivity index (χ1) is 8.67. The van der Waals surface area contributed by atoms with Gasteiger partial charge in [0.1, 0.15) is 6.42 Å². The van der Waals surface area contributed by atoms with Gasteiger partial charge in [0.05, 0.1) is 19.3 Å². The average molecular weight is 247 g/mol. The predicted octanol–water partition coefficient (Wildman–Crippen LogP) is 1.17. The first-order valence-electron chi connectivity index (χ1n) is 5.35. The summed E-state index contributed by atoms with van der Waals surface area (Å²) >= 11 is 0. The zero-order valence-electron chi connectivity index (χ0n) is 10.2. The number of ether oxygens (including phenoxy) is 2. The van der Waals surface area contributed by atoms with Crippen LogP contribution >= 0.6 is 0 Å². The van der Waals surface area contributed by atoms with Crippen molar-refractivity contribution in [1.29, 1.82) is 0 Å². The van der Waals surface area contributed by atoms with Gasteiger partial charge >= 0.3 is 11.9 Å². The molecule has 0 aromatic carbocycles. The molecule has 0 aliphatic carbocycles. The lowest BCUT2D eigenvalue weighted by molar-refractivity contribution is -0.141. The molecule has 0 saturated carbocycles. The maximum Gasteiger partial charge on any atom is 0.339 e. The van der Waals surface area contributed by atoms with Crippen molar-refractivity contribution in [2.45, 2.75) is 13.3 Å². The maximum atomic E-state index is 11.2. The number of carbonyl (C=O) groups is 2. The molecule has 94 valence electrons. The number of pyridine rings is 1. The molecule has 0 atom stereocenters. The van der Waals surface area contributed by atoms with E-state index in [1.54, 1.807) is 13.0 Å². The molecule has 1 heterocycles.